The van der Waals surface area contributed by atoms with Gasteiger partial charge in [-0.1, -0.05) is 30.3 Å². The molecule has 1 rings (SSSR count). The SMILES string of the molecule is NCCCCC(NC(=O)C(CC(N)=O)NC(=O)C(Cc1ccccc1)NC(=O)C(N)CCC(=O)O)C(=O)O. The van der Waals surface area contributed by atoms with E-state index in [2.05, 4.69) is 16.0 Å². The molecule has 14 heteroatoms. The van der Waals surface area contributed by atoms with Gasteiger partial charge >= 0.3 is 11.9 Å². The zero-order chi connectivity index (χ0) is 28.7. The monoisotopic (exact) mass is 536 g/mol. The molecule has 11 N–H and O–H groups in total. The van der Waals surface area contributed by atoms with Gasteiger partial charge in [-0.15, -0.1) is 0 Å². The molecule has 1 aromatic carbocycles. The Morgan fingerprint density at radius 3 is 1.92 bits per heavy atom. The number of amides is 4. The van der Waals surface area contributed by atoms with Gasteiger partial charge in [-0.2, -0.15) is 0 Å². The van der Waals surface area contributed by atoms with Crippen LogP contribution in [0.25, 0.3) is 0 Å². The van der Waals surface area contributed by atoms with Crippen molar-refractivity contribution in [2.24, 2.45) is 17.2 Å². The fraction of sp³-hybridized carbons (Fsp3) is 0.500. The van der Waals surface area contributed by atoms with Gasteiger partial charge in [0.25, 0.3) is 0 Å². The fourth-order valence-electron chi connectivity index (χ4n) is 3.45. The number of unbranched alkanes of at least 4 members (excludes halogenated alkanes) is 1. The number of carbonyl (C=O) groups excluding carboxylic acids is 4. The zero-order valence-corrected chi connectivity index (χ0v) is 20.9. The standard InChI is InChI=1S/C24H36N6O8/c25-11-5-4-8-16(24(37)38)28-23(36)18(13-19(27)31)30-22(35)17(12-14-6-2-1-3-7-14)29-21(34)15(26)9-10-20(32)33/h1-3,6-7,15-18H,4-5,8-13,25-26H2,(H2,27,31)(H,28,36)(H,29,34)(H,30,35)(H,32,33)(H,37,38). The summed E-state index contributed by atoms with van der Waals surface area (Å²) in [4.78, 5) is 72.5. The van der Waals surface area contributed by atoms with Gasteiger partial charge in [-0.3, -0.25) is 24.0 Å². The van der Waals surface area contributed by atoms with Crippen LogP contribution in [0.15, 0.2) is 30.3 Å². The second kappa shape index (κ2) is 16.7. The maximum Gasteiger partial charge on any atom is 0.326 e. The summed E-state index contributed by atoms with van der Waals surface area (Å²) in [7, 11) is 0. The molecular weight excluding hydrogens is 500 g/mol. The van der Waals surface area contributed by atoms with E-state index in [0.717, 1.165) is 0 Å². The van der Waals surface area contributed by atoms with Crippen molar-refractivity contribution >= 4 is 35.6 Å². The number of nitrogens with two attached hydrogens (primary N) is 3. The number of nitrogens with one attached hydrogen (secondary N) is 3. The number of carboxylic acids is 2. The van der Waals surface area contributed by atoms with Crippen LogP contribution in [0.5, 0.6) is 0 Å². The van der Waals surface area contributed by atoms with Gasteiger partial charge in [0.15, 0.2) is 0 Å². The molecule has 0 heterocycles. The lowest BCUT2D eigenvalue weighted by molar-refractivity contribution is -0.142. The lowest BCUT2D eigenvalue weighted by Crippen LogP contribution is -2.58. The van der Waals surface area contributed by atoms with Crippen LogP contribution in [0.3, 0.4) is 0 Å². The summed E-state index contributed by atoms with van der Waals surface area (Å²) in [5.74, 6) is -5.97. The molecule has 0 spiro atoms. The fourth-order valence-corrected chi connectivity index (χ4v) is 3.45. The highest BCUT2D eigenvalue weighted by molar-refractivity contribution is 5.96. The van der Waals surface area contributed by atoms with Crippen molar-refractivity contribution in [3.63, 3.8) is 0 Å². The van der Waals surface area contributed by atoms with Crippen LogP contribution in [0.1, 0.15) is 44.1 Å². The predicted molar refractivity (Wildman–Crippen MR) is 135 cm³/mol. The minimum Gasteiger partial charge on any atom is -0.481 e. The number of primary amides is 1. The third-order valence-electron chi connectivity index (χ3n) is 5.52. The Hall–Kier alpha value is -4.04. The van der Waals surface area contributed by atoms with Gasteiger partial charge in [0.05, 0.1) is 12.5 Å². The quantitative estimate of drug-likeness (QED) is 0.0953. The van der Waals surface area contributed by atoms with E-state index >= 15 is 0 Å². The molecule has 0 aromatic heterocycles. The zero-order valence-electron chi connectivity index (χ0n) is 20.9. The lowest BCUT2D eigenvalue weighted by atomic mass is 10.0. The second-order valence-electron chi connectivity index (χ2n) is 8.71. The molecule has 4 amide bonds. The Kier molecular flexibility index (Phi) is 14.0. The average Bonchev–Trinajstić information content (AvgIpc) is 2.85. The van der Waals surface area contributed by atoms with E-state index in [0.29, 0.717) is 24.9 Å². The van der Waals surface area contributed by atoms with E-state index in [1.165, 1.54) is 0 Å². The molecule has 4 atom stereocenters. The van der Waals surface area contributed by atoms with Crippen LogP contribution < -0.4 is 33.2 Å². The molecule has 0 radical (unpaired) electrons. The maximum absolute atomic E-state index is 13.2. The number of hydrogen-bond donors (Lipinski definition) is 8. The van der Waals surface area contributed by atoms with Gasteiger partial charge in [-0.25, -0.2) is 4.79 Å². The minimum atomic E-state index is -1.52. The van der Waals surface area contributed by atoms with Crippen LogP contribution in [0.4, 0.5) is 0 Å². The molecule has 210 valence electrons. The van der Waals surface area contributed by atoms with E-state index in [9.17, 15) is 33.9 Å². The van der Waals surface area contributed by atoms with Gasteiger partial charge < -0.3 is 43.4 Å². The number of rotatable bonds is 18. The predicted octanol–water partition coefficient (Wildman–Crippen LogP) is -2.04. The molecule has 4 unspecified atom stereocenters. The normalized spacial score (nSPS) is 13.8. The molecule has 0 aliphatic carbocycles. The van der Waals surface area contributed by atoms with Crippen molar-refractivity contribution < 1.29 is 39.0 Å². The van der Waals surface area contributed by atoms with E-state index in [4.69, 9.17) is 22.3 Å². The first-order valence-corrected chi connectivity index (χ1v) is 12.1. The molecule has 0 bridgehead atoms. The summed E-state index contributed by atoms with van der Waals surface area (Å²) >= 11 is 0. The maximum atomic E-state index is 13.2. The van der Waals surface area contributed by atoms with Crippen molar-refractivity contribution in [1.82, 2.24) is 16.0 Å². The second-order valence-corrected chi connectivity index (χ2v) is 8.71. The molecule has 0 aliphatic heterocycles. The smallest absolute Gasteiger partial charge is 0.326 e. The topological polar surface area (TPSA) is 257 Å². The highest BCUT2D eigenvalue weighted by atomic mass is 16.4. The van der Waals surface area contributed by atoms with Crippen LogP contribution >= 0.6 is 0 Å². The summed E-state index contributed by atoms with van der Waals surface area (Å²) in [6.45, 7) is 0.342. The Labute approximate surface area is 219 Å². The first-order valence-electron chi connectivity index (χ1n) is 12.1. The Morgan fingerprint density at radius 1 is 0.789 bits per heavy atom. The van der Waals surface area contributed by atoms with Crippen molar-refractivity contribution in [1.29, 1.82) is 0 Å². The van der Waals surface area contributed by atoms with Crippen molar-refractivity contribution in [2.75, 3.05) is 6.54 Å². The number of carbonyl (C=O) groups is 6. The third kappa shape index (κ3) is 12.3. The van der Waals surface area contributed by atoms with Gasteiger partial charge in [0.1, 0.15) is 18.1 Å². The number of carboxylic acid groups (broad SMARTS) is 2. The molecular formula is C24H36N6O8. The molecule has 38 heavy (non-hydrogen) atoms. The van der Waals surface area contributed by atoms with E-state index < -0.39 is 66.2 Å². The molecule has 1 aromatic rings. The number of benzene rings is 1. The summed E-state index contributed by atoms with van der Waals surface area (Å²) < 4.78 is 0. The van der Waals surface area contributed by atoms with Crippen molar-refractivity contribution in [3.8, 4) is 0 Å². The molecule has 0 fully saturated rings. The third-order valence-corrected chi connectivity index (χ3v) is 5.52. The molecule has 0 saturated carbocycles. The summed E-state index contributed by atoms with van der Waals surface area (Å²) in [6.07, 6.45) is -0.140. The van der Waals surface area contributed by atoms with Crippen LogP contribution in [-0.2, 0) is 35.2 Å². The average molecular weight is 537 g/mol. The van der Waals surface area contributed by atoms with E-state index in [1.54, 1.807) is 30.3 Å². The van der Waals surface area contributed by atoms with Gasteiger partial charge in [-0.05, 0) is 37.8 Å². The van der Waals surface area contributed by atoms with Crippen LogP contribution in [-0.4, -0.2) is 76.5 Å². The van der Waals surface area contributed by atoms with Crippen LogP contribution in [0.2, 0.25) is 0 Å². The van der Waals surface area contributed by atoms with Crippen molar-refractivity contribution in [3.05, 3.63) is 35.9 Å². The Bertz CT molecular complexity index is 974. The number of aliphatic carboxylic acids is 2. The van der Waals surface area contributed by atoms with Gasteiger partial charge in [0, 0.05) is 12.8 Å². The van der Waals surface area contributed by atoms with E-state index in [-0.39, 0.29) is 25.7 Å². The largest absolute Gasteiger partial charge is 0.481 e. The highest BCUT2D eigenvalue weighted by Crippen LogP contribution is 2.07. The summed E-state index contributed by atoms with van der Waals surface area (Å²) in [6, 6.07) is 3.29. The minimum absolute atomic E-state index is 0.0220. The summed E-state index contributed by atoms with van der Waals surface area (Å²) in [5, 5.41) is 25.4. The summed E-state index contributed by atoms with van der Waals surface area (Å²) in [5.41, 5.74) is 17.1. The first kappa shape index (κ1) is 32.0. The highest BCUT2D eigenvalue weighted by Gasteiger charge is 2.31. The Morgan fingerprint density at radius 2 is 1.37 bits per heavy atom. The molecule has 0 aliphatic rings. The Balaban J connectivity index is 3.07. The number of hydrogen-bond acceptors (Lipinski definition) is 8. The van der Waals surface area contributed by atoms with Gasteiger partial charge in [0.2, 0.25) is 23.6 Å². The first-order chi connectivity index (χ1) is 17.9. The molecule has 0 saturated heterocycles. The van der Waals surface area contributed by atoms with Crippen LogP contribution in [0, 0.1) is 0 Å². The van der Waals surface area contributed by atoms with E-state index in [1.807, 2.05) is 0 Å². The van der Waals surface area contributed by atoms with Crippen molar-refractivity contribution in [2.45, 2.75) is 69.1 Å². The lowest BCUT2D eigenvalue weighted by Gasteiger charge is -2.25. The molecule has 14 nitrogen and oxygen atoms in total.